The standard InChI is InChI=1S/C12H18O6/c1-2-6-18-12(17)8-5-3-4-7(10(13)14)9(8)11(15)16/h7-9H,2-6H2,1H3,(H,13,14)(H,15,16). The molecule has 1 rings (SSSR count). The van der Waals surface area contributed by atoms with Crippen molar-refractivity contribution < 1.29 is 29.3 Å². The highest BCUT2D eigenvalue weighted by atomic mass is 16.5. The Morgan fingerprint density at radius 1 is 1.11 bits per heavy atom. The summed E-state index contributed by atoms with van der Waals surface area (Å²) >= 11 is 0. The van der Waals surface area contributed by atoms with Gasteiger partial charge in [-0.3, -0.25) is 14.4 Å². The summed E-state index contributed by atoms with van der Waals surface area (Å²) in [6, 6.07) is 0. The monoisotopic (exact) mass is 258 g/mol. The Balaban J connectivity index is 2.83. The van der Waals surface area contributed by atoms with Crippen LogP contribution >= 0.6 is 0 Å². The Bertz CT molecular complexity index is 337. The molecule has 0 amide bonds. The van der Waals surface area contributed by atoms with E-state index in [1.807, 2.05) is 6.92 Å². The van der Waals surface area contributed by atoms with Crippen LogP contribution in [0.3, 0.4) is 0 Å². The van der Waals surface area contributed by atoms with Crippen LogP contribution in [0.25, 0.3) is 0 Å². The number of esters is 1. The van der Waals surface area contributed by atoms with E-state index in [9.17, 15) is 14.4 Å². The minimum absolute atomic E-state index is 0.236. The predicted octanol–water partition coefficient (Wildman–Crippen LogP) is 1.14. The van der Waals surface area contributed by atoms with Crippen molar-refractivity contribution >= 4 is 17.9 Å². The van der Waals surface area contributed by atoms with Gasteiger partial charge in [0.1, 0.15) is 0 Å². The average Bonchev–Trinajstić information content (AvgIpc) is 2.34. The maximum absolute atomic E-state index is 11.8. The molecule has 18 heavy (non-hydrogen) atoms. The van der Waals surface area contributed by atoms with E-state index in [2.05, 4.69) is 0 Å². The highest BCUT2D eigenvalue weighted by Crippen LogP contribution is 2.36. The molecule has 0 aromatic rings. The summed E-state index contributed by atoms with van der Waals surface area (Å²) in [5.41, 5.74) is 0. The molecule has 0 aliphatic heterocycles. The molecule has 102 valence electrons. The molecule has 0 saturated heterocycles. The molecule has 3 unspecified atom stereocenters. The van der Waals surface area contributed by atoms with Crippen molar-refractivity contribution in [3.8, 4) is 0 Å². The highest BCUT2D eigenvalue weighted by molar-refractivity contribution is 5.86. The van der Waals surface area contributed by atoms with Crippen molar-refractivity contribution in [3.63, 3.8) is 0 Å². The van der Waals surface area contributed by atoms with Gasteiger partial charge in [-0.25, -0.2) is 0 Å². The number of hydrogen-bond donors (Lipinski definition) is 2. The number of carbonyl (C=O) groups is 3. The Labute approximate surface area is 105 Å². The van der Waals surface area contributed by atoms with Crippen molar-refractivity contribution in [2.24, 2.45) is 17.8 Å². The van der Waals surface area contributed by atoms with Crippen LogP contribution in [0.4, 0.5) is 0 Å². The molecule has 2 N–H and O–H groups in total. The lowest BCUT2D eigenvalue weighted by atomic mass is 9.72. The molecule has 0 radical (unpaired) electrons. The van der Waals surface area contributed by atoms with Gasteiger partial charge in [0.25, 0.3) is 0 Å². The summed E-state index contributed by atoms with van der Waals surface area (Å²) in [5.74, 6) is -6.01. The second-order valence-corrected chi connectivity index (χ2v) is 4.51. The summed E-state index contributed by atoms with van der Waals surface area (Å²) < 4.78 is 4.94. The van der Waals surface area contributed by atoms with Gasteiger partial charge in [-0.1, -0.05) is 13.3 Å². The van der Waals surface area contributed by atoms with Crippen LogP contribution in [0.5, 0.6) is 0 Å². The first-order valence-corrected chi connectivity index (χ1v) is 6.11. The van der Waals surface area contributed by atoms with Crippen molar-refractivity contribution in [1.82, 2.24) is 0 Å². The van der Waals surface area contributed by atoms with Gasteiger partial charge in [-0.2, -0.15) is 0 Å². The Kier molecular flexibility index (Phi) is 5.12. The zero-order chi connectivity index (χ0) is 13.7. The van der Waals surface area contributed by atoms with Crippen LogP contribution in [0.2, 0.25) is 0 Å². The minimum atomic E-state index is -1.24. The molecule has 6 nitrogen and oxygen atoms in total. The lowest BCUT2D eigenvalue weighted by Gasteiger charge is -2.31. The quantitative estimate of drug-likeness (QED) is 0.717. The largest absolute Gasteiger partial charge is 0.481 e. The maximum Gasteiger partial charge on any atom is 0.309 e. The number of carboxylic acids is 2. The van der Waals surface area contributed by atoms with Crippen LogP contribution in [0, 0.1) is 17.8 Å². The van der Waals surface area contributed by atoms with Gasteiger partial charge in [0, 0.05) is 0 Å². The third-order valence-electron chi connectivity index (χ3n) is 3.25. The van der Waals surface area contributed by atoms with Gasteiger partial charge < -0.3 is 14.9 Å². The molecule has 6 heteroatoms. The van der Waals surface area contributed by atoms with Gasteiger partial charge in [-0.15, -0.1) is 0 Å². The summed E-state index contributed by atoms with van der Waals surface area (Å²) in [5, 5.41) is 18.1. The van der Waals surface area contributed by atoms with E-state index in [0.717, 1.165) is 0 Å². The molecule has 1 aliphatic rings. The second-order valence-electron chi connectivity index (χ2n) is 4.51. The van der Waals surface area contributed by atoms with Gasteiger partial charge in [0.2, 0.25) is 0 Å². The van der Waals surface area contributed by atoms with Gasteiger partial charge in [-0.05, 0) is 19.3 Å². The number of rotatable bonds is 5. The topological polar surface area (TPSA) is 101 Å². The first kappa shape index (κ1) is 14.5. The zero-order valence-corrected chi connectivity index (χ0v) is 10.3. The summed E-state index contributed by atoms with van der Waals surface area (Å²) in [7, 11) is 0. The molecule has 0 heterocycles. The van der Waals surface area contributed by atoms with E-state index in [4.69, 9.17) is 14.9 Å². The van der Waals surface area contributed by atoms with E-state index in [0.29, 0.717) is 25.7 Å². The zero-order valence-electron chi connectivity index (χ0n) is 10.3. The van der Waals surface area contributed by atoms with E-state index < -0.39 is 35.7 Å². The normalized spacial score (nSPS) is 27.5. The lowest BCUT2D eigenvalue weighted by molar-refractivity contribution is -0.167. The molecule has 0 aromatic carbocycles. The molecule has 1 aliphatic carbocycles. The lowest BCUT2D eigenvalue weighted by Crippen LogP contribution is -2.42. The third kappa shape index (κ3) is 3.21. The fourth-order valence-corrected chi connectivity index (χ4v) is 2.39. The van der Waals surface area contributed by atoms with E-state index in [1.54, 1.807) is 0 Å². The molecule has 3 atom stereocenters. The SMILES string of the molecule is CCCOC(=O)C1CCCC(C(=O)O)C1C(=O)O. The maximum atomic E-state index is 11.8. The molecule has 0 spiro atoms. The van der Waals surface area contributed by atoms with Crippen molar-refractivity contribution in [2.45, 2.75) is 32.6 Å². The van der Waals surface area contributed by atoms with Crippen molar-refractivity contribution in [1.29, 1.82) is 0 Å². The van der Waals surface area contributed by atoms with Crippen molar-refractivity contribution in [3.05, 3.63) is 0 Å². The number of ether oxygens (including phenoxy) is 1. The van der Waals surface area contributed by atoms with Gasteiger partial charge in [0.15, 0.2) is 0 Å². The van der Waals surface area contributed by atoms with Crippen LogP contribution in [-0.2, 0) is 19.1 Å². The number of hydrogen-bond acceptors (Lipinski definition) is 4. The Morgan fingerprint density at radius 2 is 1.72 bits per heavy atom. The first-order valence-electron chi connectivity index (χ1n) is 6.11. The second kappa shape index (κ2) is 6.37. The number of carbonyl (C=O) groups excluding carboxylic acids is 1. The molecule has 0 bridgehead atoms. The van der Waals surface area contributed by atoms with E-state index in [-0.39, 0.29) is 6.61 Å². The van der Waals surface area contributed by atoms with Crippen LogP contribution < -0.4 is 0 Å². The first-order chi connectivity index (χ1) is 8.49. The molecule has 1 fully saturated rings. The van der Waals surface area contributed by atoms with E-state index >= 15 is 0 Å². The highest BCUT2D eigenvalue weighted by Gasteiger charge is 2.46. The van der Waals surface area contributed by atoms with Gasteiger partial charge in [0.05, 0.1) is 24.4 Å². The fraction of sp³-hybridized carbons (Fsp3) is 0.750. The van der Waals surface area contributed by atoms with Crippen molar-refractivity contribution in [2.75, 3.05) is 6.61 Å². The fourth-order valence-electron chi connectivity index (χ4n) is 2.39. The number of aliphatic carboxylic acids is 2. The smallest absolute Gasteiger partial charge is 0.309 e. The molecule has 0 aromatic heterocycles. The predicted molar refractivity (Wildman–Crippen MR) is 60.8 cm³/mol. The average molecular weight is 258 g/mol. The minimum Gasteiger partial charge on any atom is -0.481 e. The Hall–Kier alpha value is -1.59. The molecule has 1 saturated carbocycles. The summed E-state index contributed by atoms with van der Waals surface area (Å²) in [6.45, 7) is 2.07. The van der Waals surface area contributed by atoms with Crippen LogP contribution in [0.1, 0.15) is 32.6 Å². The van der Waals surface area contributed by atoms with Crippen LogP contribution in [-0.4, -0.2) is 34.7 Å². The van der Waals surface area contributed by atoms with Gasteiger partial charge >= 0.3 is 17.9 Å². The summed E-state index contributed by atoms with van der Waals surface area (Å²) in [4.78, 5) is 34.0. The molecular weight excluding hydrogens is 240 g/mol. The molecular formula is C12H18O6. The number of carboxylic acid groups (broad SMARTS) is 2. The summed E-state index contributed by atoms with van der Waals surface area (Å²) in [6.07, 6.45) is 1.86. The van der Waals surface area contributed by atoms with Crippen LogP contribution in [0.15, 0.2) is 0 Å². The Morgan fingerprint density at radius 3 is 2.22 bits per heavy atom. The third-order valence-corrected chi connectivity index (χ3v) is 3.25. The van der Waals surface area contributed by atoms with E-state index in [1.165, 1.54) is 0 Å².